The SMILES string of the molecule is Cc1ccc(-c2ccc3c(C(N)=O)c(-c4ccccc4)sc3c2)cc1. The molecule has 3 aromatic carbocycles. The zero-order chi connectivity index (χ0) is 17.4. The molecular formula is C22H17NOS. The number of primary amides is 1. The van der Waals surface area contributed by atoms with Crippen molar-refractivity contribution in [2.75, 3.05) is 0 Å². The third-order valence-corrected chi connectivity index (χ3v) is 5.56. The first kappa shape index (κ1) is 15.6. The number of carbonyl (C=O) groups excluding carboxylic acids is 1. The summed E-state index contributed by atoms with van der Waals surface area (Å²) in [5.41, 5.74) is 10.9. The molecule has 0 radical (unpaired) electrons. The van der Waals surface area contributed by atoms with E-state index in [9.17, 15) is 4.79 Å². The van der Waals surface area contributed by atoms with Crippen LogP contribution in [0.4, 0.5) is 0 Å². The van der Waals surface area contributed by atoms with Crippen molar-refractivity contribution >= 4 is 27.3 Å². The number of thiophene rings is 1. The molecule has 1 heterocycles. The van der Waals surface area contributed by atoms with Crippen LogP contribution >= 0.6 is 11.3 Å². The first-order chi connectivity index (χ1) is 12.1. The highest BCUT2D eigenvalue weighted by Crippen LogP contribution is 2.40. The Morgan fingerprint density at radius 2 is 1.52 bits per heavy atom. The molecule has 2 N–H and O–H groups in total. The second kappa shape index (κ2) is 6.19. The minimum atomic E-state index is -0.381. The Kier molecular flexibility index (Phi) is 3.86. The van der Waals surface area contributed by atoms with Crippen molar-refractivity contribution in [3.63, 3.8) is 0 Å². The lowest BCUT2D eigenvalue weighted by atomic mass is 10.0. The number of hydrogen-bond acceptors (Lipinski definition) is 2. The molecule has 0 saturated heterocycles. The van der Waals surface area contributed by atoms with Crippen LogP contribution < -0.4 is 5.73 Å². The fraction of sp³-hybridized carbons (Fsp3) is 0.0455. The summed E-state index contributed by atoms with van der Waals surface area (Å²) in [4.78, 5) is 13.0. The first-order valence-electron chi connectivity index (χ1n) is 8.12. The van der Waals surface area contributed by atoms with Crippen LogP contribution in [0.2, 0.25) is 0 Å². The smallest absolute Gasteiger partial charge is 0.250 e. The van der Waals surface area contributed by atoms with Crippen LogP contribution in [0.25, 0.3) is 31.7 Å². The van der Waals surface area contributed by atoms with Crippen molar-refractivity contribution < 1.29 is 4.79 Å². The Labute approximate surface area is 150 Å². The van der Waals surface area contributed by atoms with E-state index in [2.05, 4.69) is 43.3 Å². The lowest BCUT2D eigenvalue weighted by Gasteiger charge is -2.03. The van der Waals surface area contributed by atoms with Crippen LogP contribution in [-0.2, 0) is 0 Å². The summed E-state index contributed by atoms with van der Waals surface area (Å²) in [6.07, 6.45) is 0. The topological polar surface area (TPSA) is 43.1 Å². The Morgan fingerprint density at radius 1 is 0.840 bits per heavy atom. The van der Waals surface area contributed by atoms with E-state index in [1.165, 1.54) is 11.1 Å². The number of carbonyl (C=O) groups is 1. The lowest BCUT2D eigenvalue weighted by molar-refractivity contribution is 0.100. The van der Waals surface area contributed by atoms with Crippen molar-refractivity contribution in [1.29, 1.82) is 0 Å². The molecule has 0 fully saturated rings. The zero-order valence-corrected chi connectivity index (χ0v) is 14.6. The molecule has 1 aromatic heterocycles. The van der Waals surface area contributed by atoms with Gasteiger partial charge in [0, 0.05) is 15.0 Å². The second-order valence-electron chi connectivity index (χ2n) is 6.11. The zero-order valence-electron chi connectivity index (χ0n) is 13.8. The Bertz CT molecular complexity index is 1060. The molecule has 122 valence electrons. The second-order valence-corrected chi connectivity index (χ2v) is 7.17. The summed E-state index contributed by atoms with van der Waals surface area (Å²) in [6, 6.07) is 24.6. The van der Waals surface area contributed by atoms with E-state index in [0.29, 0.717) is 5.56 Å². The summed E-state index contributed by atoms with van der Waals surface area (Å²) < 4.78 is 1.07. The molecule has 3 heteroatoms. The van der Waals surface area contributed by atoms with Gasteiger partial charge >= 0.3 is 0 Å². The number of amides is 1. The van der Waals surface area contributed by atoms with Crippen LogP contribution in [0.5, 0.6) is 0 Å². The summed E-state index contributed by atoms with van der Waals surface area (Å²) in [5, 5.41) is 0.923. The maximum absolute atomic E-state index is 12.1. The van der Waals surface area contributed by atoms with Gasteiger partial charge in [-0.25, -0.2) is 0 Å². The minimum absolute atomic E-state index is 0.381. The van der Waals surface area contributed by atoms with Crippen molar-refractivity contribution in [3.8, 4) is 21.6 Å². The fourth-order valence-electron chi connectivity index (χ4n) is 3.06. The van der Waals surface area contributed by atoms with Gasteiger partial charge in [0.05, 0.1) is 5.56 Å². The first-order valence-corrected chi connectivity index (χ1v) is 8.94. The van der Waals surface area contributed by atoms with Crippen molar-refractivity contribution in [3.05, 3.63) is 83.9 Å². The molecule has 0 bridgehead atoms. The van der Waals surface area contributed by atoms with E-state index >= 15 is 0 Å². The van der Waals surface area contributed by atoms with Gasteiger partial charge in [-0.3, -0.25) is 4.79 Å². The maximum Gasteiger partial charge on any atom is 0.250 e. The van der Waals surface area contributed by atoms with Gasteiger partial charge < -0.3 is 5.73 Å². The van der Waals surface area contributed by atoms with E-state index in [1.807, 2.05) is 36.4 Å². The fourth-order valence-corrected chi connectivity index (χ4v) is 4.31. The van der Waals surface area contributed by atoms with Crippen molar-refractivity contribution in [2.24, 2.45) is 5.73 Å². The highest BCUT2D eigenvalue weighted by molar-refractivity contribution is 7.22. The van der Waals surface area contributed by atoms with Crippen LogP contribution in [0.1, 0.15) is 15.9 Å². The third kappa shape index (κ3) is 2.83. The lowest BCUT2D eigenvalue weighted by Crippen LogP contribution is -2.11. The van der Waals surface area contributed by atoms with E-state index in [4.69, 9.17) is 5.73 Å². The van der Waals surface area contributed by atoms with Gasteiger partial charge in [0.2, 0.25) is 0 Å². The number of benzene rings is 3. The normalized spacial score (nSPS) is 10.9. The number of fused-ring (bicyclic) bond motifs is 1. The van der Waals surface area contributed by atoms with Crippen molar-refractivity contribution in [1.82, 2.24) is 0 Å². The molecule has 4 rings (SSSR count). The molecule has 0 aliphatic carbocycles. The van der Waals surface area contributed by atoms with Crippen molar-refractivity contribution in [2.45, 2.75) is 6.92 Å². The number of nitrogens with two attached hydrogens (primary N) is 1. The van der Waals surface area contributed by atoms with Crippen LogP contribution in [0, 0.1) is 6.92 Å². The molecule has 0 atom stereocenters. The molecule has 0 unspecified atom stereocenters. The van der Waals surface area contributed by atoms with Crippen LogP contribution in [-0.4, -0.2) is 5.91 Å². The Morgan fingerprint density at radius 3 is 2.20 bits per heavy atom. The highest BCUT2D eigenvalue weighted by atomic mass is 32.1. The van der Waals surface area contributed by atoms with E-state index < -0.39 is 0 Å². The molecule has 0 saturated carbocycles. The molecule has 25 heavy (non-hydrogen) atoms. The highest BCUT2D eigenvalue weighted by Gasteiger charge is 2.18. The quantitative estimate of drug-likeness (QED) is 0.514. The molecule has 4 aromatic rings. The summed E-state index contributed by atoms with van der Waals surface area (Å²) in [6.45, 7) is 2.08. The average molecular weight is 343 g/mol. The van der Waals surface area contributed by atoms with Gasteiger partial charge in [-0.05, 0) is 29.7 Å². The van der Waals surface area contributed by atoms with Gasteiger partial charge in [-0.15, -0.1) is 11.3 Å². The largest absolute Gasteiger partial charge is 0.366 e. The Balaban J connectivity index is 1.92. The molecule has 2 nitrogen and oxygen atoms in total. The third-order valence-electron chi connectivity index (χ3n) is 4.36. The molecule has 0 aliphatic rings. The molecule has 1 amide bonds. The predicted molar refractivity (Wildman–Crippen MR) is 106 cm³/mol. The van der Waals surface area contributed by atoms with E-state index in [0.717, 1.165) is 26.1 Å². The van der Waals surface area contributed by atoms with Crippen LogP contribution in [0.3, 0.4) is 0 Å². The van der Waals surface area contributed by atoms with E-state index in [-0.39, 0.29) is 5.91 Å². The predicted octanol–water partition coefficient (Wildman–Crippen LogP) is 5.64. The van der Waals surface area contributed by atoms with Gasteiger partial charge in [0.25, 0.3) is 5.91 Å². The summed E-state index contributed by atoms with van der Waals surface area (Å²) in [5.74, 6) is -0.381. The average Bonchev–Trinajstić information content (AvgIpc) is 3.02. The van der Waals surface area contributed by atoms with Gasteiger partial charge in [-0.1, -0.05) is 72.3 Å². The minimum Gasteiger partial charge on any atom is -0.366 e. The number of aryl methyl sites for hydroxylation is 1. The Hall–Kier alpha value is -2.91. The van der Waals surface area contributed by atoms with Gasteiger partial charge in [0.15, 0.2) is 0 Å². The number of rotatable bonds is 3. The monoisotopic (exact) mass is 343 g/mol. The standard InChI is InChI=1S/C22H17NOS/c1-14-7-9-15(10-8-14)17-11-12-18-19(13-17)25-21(20(18)22(23)24)16-5-3-2-4-6-16/h2-13H,1H3,(H2,23,24). The van der Waals surface area contributed by atoms with Crippen LogP contribution in [0.15, 0.2) is 72.8 Å². The maximum atomic E-state index is 12.1. The number of hydrogen-bond donors (Lipinski definition) is 1. The molecule has 0 spiro atoms. The summed E-state index contributed by atoms with van der Waals surface area (Å²) >= 11 is 1.62. The van der Waals surface area contributed by atoms with Gasteiger partial charge in [0.1, 0.15) is 0 Å². The molecule has 0 aliphatic heterocycles. The summed E-state index contributed by atoms with van der Waals surface area (Å²) in [7, 11) is 0. The van der Waals surface area contributed by atoms with E-state index in [1.54, 1.807) is 11.3 Å². The van der Waals surface area contributed by atoms with Gasteiger partial charge in [-0.2, -0.15) is 0 Å². The molecular weight excluding hydrogens is 326 g/mol.